The number of anilines is 1. The number of hydrogen-bond acceptors (Lipinski definition) is 3. The summed E-state index contributed by atoms with van der Waals surface area (Å²) in [6, 6.07) is 3.65. The van der Waals surface area contributed by atoms with E-state index in [4.69, 9.17) is 0 Å². The summed E-state index contributed by atoms with van der Waals surface area (Å²) in [7, 11) is -3.17. The molecule has 1 aliphatic rings. The van der Waals surface area contributed by atoms with E-state index in [-0.39, 0.29) is 17.7 Å². The third kappa shape index (κ3) is 2.36. The van der Waals surface area contributed by atoms with Crippen LogP contribution in [0.3, 0.4) is 0 Å². The fourth-order valence-electron chi connectivity index (χ4n) is 2.01. The summed E-state index contributed by atoms with van der Waals surface area (Å²) in [5.74, 6) is 0.458. The Morgan fingerprint density at radius 1 is 1.41 bits per heavy atom. The van der Waals surface area contributed by atoms with Crippen LogP contribution in [0.4, 0.5) is 5.69 Å². The summed E-state index contributed by atoms with van der Waals surface area (Å²) in [6.45, 7) is 5.95. The average molecular weight is 318 g/mol. The Morgan fingerprint density at radius 2 is 2.06 bits per heavy atom. The zero-order valence-electron chi connectivity index (χ0n) is 10.1. The standard InChI is InChI=1S/C12H16BrNO2S/c1-7(2)10-6-17(15,16)11-5-8(3)4-9(13)12(11)14-10/h4-5,7,10,14H,6H2,1-3H3. The van der Waals surface area contributed by atoms with Gasteiger partial charge in [-0.2, -0.15) is 0 Å². The van der Waals surface area contributed by atoms with Crippen LogP contribution in [0.1, 0.15) is 19.4 Å². The van der Waals surface area contributed by atoms with Crippen LogP contribution < -0.4 is 5.32 Å². The summed E-state index contributed by atoms with van der Waals surface area (Å²) in [4.78, 5) is 0.418. The predicted molar refractivity (Wildman–Crippen MR) is 73.2 cm³/mol. The third-order valence-corrected chi connectivity index (χ3v) is 5.48. The molecule has 0 spiro atoms. The van der Waals surface area contributed by atoms with Gasteiger partial charge in [0.15, 0.2) is 9.84 Å². The van der Waals surface area contributed by atoms with E-state index in [1.54, 1.807) is 6.07 Å². The lowest BCUT2D eigenvalue weighted by Crippen LogP contribution is -2.38. The highest BCUT2D eigenvalue weighted by atomic mass is 79.9. The molecule has 0 aromatic heterocycles. The van der Waals surface area contributed by atoms with Gasteiger partial charge in [-0.1, -0.05) is 13.8 Å². The largest absolute Gasteiger partial charge is 0.379 e. The van der Waals surface area contributed by atoms with Crippen molar-refractivity contribution in [3.8, 4) is 0 Å². The van der Waals surface area contributed by atoms with Crippen LogP contribution in [-0.4, -0.2) is 20.2 Å². The molecule has 0 radical (unpaired) electrons. The molecule has 0 aliphatic carbocycles. The molecule has 0 amide bonds. The van der Waals surface area contributed by atoms with Gasteiger partial charge in [0, 0.05) is 10.5 Å². The van der Waals surface area contributed by atoms with Crippen LogP contribution in [0.25, 0.3) is 0 Å². The van der Waals surface area contributed by atoms with Crippen molar-refractivity contribution < 1.29 is 8.42 Å². The molecule has 17 heavy (non-hydrogen) atoms. The first-order chi connectivity index (χ1) is 7.81. The van der Waals surface area contributed by atoms with Crippen LogP contribution in [-0.2, 0) is 9.84 Å². The zero-order valence-corrected chi connectivity index (χ0v) is 12.5. The van der Waals surface area contributed by atoms with E-state index in [0.717, 1.165) is 10.0 Å². The van der Waals surface area contributed by atoms with Crippen LogP contribution in [0.5, 0.6) is 0 Å². The molecule has 94 valence electrons. The van der Waals surface area contributed by atoms with E-state index < -0.39 is 9.84 Å². The Labute approximate surface area is 111 Å². The molecule has 1 aromatic rings. The topological polar surface area (TPSA) is 46.2 Å². The van der Waals surface area contributed by atoms with Gasteiger partial charge in [0.2, 0.25) is 0 Å². The first-order valence-corrected chi connectivity index (χ1v) is 8.05. The molecular weight excluding hydrogens is 302 g/mol. The van der Waals surface area contributed by atoms with Crippen molar-refractivity contribution in [3.05, 3.63) is 22.2 Å². The Balaban J connectivity index is 2.61. The van der Waals surface area contributed by atoms with Gasteiger partial charge in [0.1, 0.15) is 0 Å². The molecule has 1 N–H and O–H groups in total. The van der Waals surface area contributed by atoms with Crippen LogP contribution >= 0.6 is 15.9 Å². The van der Waals surface area contributed by atoms with E-state index in [0.29, 0.717) is 10.6 Å². The van der Waals surface area contributed by atoms with Gasteiger partial charge in [-0.15, -0.1) is 0 Å². The van der Waals surface area contributed by atoms with E-state index in [2.05, 4.69) is 21.2 Å². The van der Waals surface area contributed by atoms with Crippen LogP contribution in [0.2, 0.25) is 0 Å². The second-order valence-electron chi connectivity index (χ2n) is 4.90. The van der Waals surface area contributed by atoms with Crippen molar-refractivity contribution in [1.29, 1.82) is 0 Å². The van der Waals surface area contributed by atoms with E-state index in [9.17, 15) is 8.42 Å². The SMILES string of the molecule is Cc1cc(Br)c2c(c1)S(=O)(=O)CC(C(C)C)N2. The maximum Gasteiger partial charge on any atom is 0.182 e. The van der Waals surface area contributed by atoms with Crippen molar-refractivity contribution in [2.75, 3.05) is 11.1 Å². The monoisotopic (exact) mass is 317 g/mol. The minimum Gasteiger partial charge on any atom is -0.379 e. The number of benzene rings is 1. The molecular formula is C12H16BrNO2S. The van der Waals surface area contributed by atoms with Gasteiger partial charge in [0.25, 0.3) is 0 Å². The normalized spacial score (nSPS) is 22.1. The Bertz CT molecular complexity index is 552. The number of hydrogen-bond donors (Lipinski definition) is 1. The summed E-state index contributed by atoms with van der Waals surface area (Å²) < 4.78 is 25.3. The van der Waals surface area contributed by atoms with Crippen LogP contribution in [0.15, 0.2) is 21.5 Å². The van der Waals surface area contributed by atoms with Crippen LogP contribution in [0, 0.1) is 12.8 Å². The number of rotatable bonds is 1. The molecule has 0 saturated heterocycles. The van der Waals surface area contributed by atoms with Gasteiger partial charge in [0.05, 0.1) is 16.3 Å². The third-order valence-electron chi connectivity index (χ3n) is 3.07. The first kappa shape index (κ1) is 12.9. The lowest BCUT2D eigenvalue weighted by molar-refractivity contribution is 0.531. The molecule has 1 aliphatic heterocycles. The Hall–Kier alpha value is -0.550. The number of nitrogens with one attached hydrogen (secondary N) is 1. The fraction of sp³-hybridized carbons (Fsp3) is 0.500. The molecule has 1 aromatic carbocycles. The number of aryl methyl sites for hydroxylation is 1. The van der Waals surface area contributed by atoms with Crippen molar-refractivity contribution in [1.82, 2.24) is 0 Å². The molecule has 0 fully saturated rings. The molecule has 1 unspecified atom stereocenters. The fourth-order valence-corrected chi connectivity index (χ4v) is 4.79. The smallest absolute Gasteiger partial charge is 0.182 e. The highest BCUT2D eigenvalue weighted by Gasteiger charge is 2.32. The summed E-state index contributed by atoms with van der Waals surface area (Å²) >= 11 is 3.43. The van der Waals surface area contributed by atoms with Crippen molar-refractivity contribution >= 4 is 31.5 Å². The van der Waals surface area contributed by atoms with Gasteiger partial charge >= 0.3 is 0 Å². The van der Waals surface area contributed by atoms with Gasteiger partial charge < -0.3 is 5.32 Å². The van der Waals surface area contributed by atoms with Gasteiger partial charge in [-0.3, -0.25) is 0 Å². The van der Waals surface area contributed by atoms with Crippen molar-refractivity contribution in [2.24, 2.45) is 5.92 Å². The molecule has 5 heteroatoms. The molecule has 1 atom stereocenters. The number of fused-ring (bicyclic) bond motifs is 1. The quantitative estimate of drug-likeness (QED) is 0.866. The molecule has 2 rings (SSSR count). The van der Waals surface area contributed by atoms with Crippen molar-refractivity contribution in [2.45, 2.75) is 31.7 Å². The highest BCUT2D eigenvalue weighted by Crippen LogP contribution is 2.37. The van der Waals surface area contributed by atoms with Gasteiger partial charge in [-0.05, 0) is 46.5 Å². The summed E-state index contributed by atoms with van der Waals surface area (Å²) in [6.07, 6.45) is 0. The zero-order chi connectivity index (χ0) is 12.8. The highest BCUT2D eigenvalue weighted by molar-refractivity contribution is 9.10. The minimum atomic E-state index is -3.17. The molecule has 0 bridgehead atoms. The maximum atomic E-state index is 12.2. The lowest BCUT2D eigenvalue weighted by Gasteiger charge is -2.30. The first-order valence-electron chi connectivity index (χ1n) is 5.60. The molecule has 0 saturated carbocycles. The minimum absolute atomic E-state index is 0.0218. The van der Waals surface area contributed by atoms with E-state index in [1.165, 1.54) is 0 Å². The van der Waals surface area contributed by atoms with Gasteiger partial charge in [-0.25, -0.2) is 8.42 Å². The summed E-state index contributed by atoms with van der Waals surface area (Å²) in [5, 5.41) is 3.32. The van der Waals surface area contributed by atoms with E-state index >= 15 is 0 Å². The molecule has 3 nitrogen and oxygen atoms in total. The maximum absolute atomic E-state index is 12.2. The molecule has 1 heterocycles. The number of halogens is 1. The Morgan fingerprint density at radius 3 is 2.65 bits per heavy atom. The predicted octanol–water partition coefficient (Wildman–Crippen LogP) is 2.98. The van der Waals surface area contributed by atoms with E-state index in [1.807, 2.05) is 26.8 Å². The summed E-state index contributed by atoms with van der Waals surface area (Å²) in [5.41, 5.74) is 1.66. The lowest BCUT2D eigenvalue weighted by atomic mass is 10.1. The average Bonchev–Trinajstić information content (AvgIpc) is 2.18. The number of sulfone groups is 1. The van der Waals surface area contributed by atoms with Crippen molar-refractivity contribution in [3.63, 3.8) is 0 Å². The second kappa shape index (κ2) is 4.28. The Kier molecular flexibility index (Phi) is 3.25. The second-order valence-corrected chi connectivity index (χ2v) is 7.75.